The average Bonchev–Trinajstić information content (AvgIpc) is 2.36. The SMILES string of the molecule is CC(C)(C)n1ccnc(NCc2cccc(F)c2)c1=O. The first-order valence-corrected chi connectivity index (χ1v) is 6.44. The third-order valence-corrected chi connectivity index (χ3v) is 2.91. The molecule has 5 heteroatoms. The van der Waals surface area contributed by atoms with Gasteiger partial charge in [0.15, 0.2) is 5.82 Å². The molecule has 0 fully saturated rings. The van der Waals surface area contributed by atoms with Crippen LogP contribution in [0.5, 0.6) is 0 Å². The van der Waals surface area contributed by atoms with E-state index in [0.717, 1.165) is 5.56 Å². The highest BCUT2D eigenvalue weighted by atomic mass is 19.1. The van der Waals surface area contributed by atoms with Crippen LogP contribution in [0, 0.1) is 5.82 Å². The monoisotopic (exact) mass is 275 g/mol. The van der Waals surface area contributed by atoms with Gasteiger partial charge in [0.2, 0.25) is 0 Å². The summed E-state index contributed by atoms with van der Waals surface area (Å²) in [5, 5.41) is 2.96. The van der Waals surface area contributed by atoms with Crippen LogP contribution in [-0.2, 0) is 12.1 Å². The maximum atomic E-state index is 13.1. The van der Waals surface area contributed by atoms with Crippen LogP contribution in [0.4, 0.5) is 10.2 Å². The number of halogens is 1. The molecule has 1 aromatic carbocycles. The van der Waals surface area contributed by atoms with E-state index in [1.165, 1.54) is 12.1 Å². The molecule has 0 amide bonds. The van der Waals surface area contributed by atoms with E-state index < -0.39 is 0 Å². The topological polar surface area (TPSA) is 46.9 Å². The fourth-order valence-electron chi connectivity index (χ4n) is 1.89. The Kier molecular flexibility index (Phi) is 3.88. The van der Waals surface area contributed by atoms with Gasteiger partial charge in [-0.3, -0.25) is 4.79 Å². The number of rotatable bonds is 3. The molecule has 0 radical (unpaired) electrons. The molecule has 4 nitrogen and oxygen atoms in total. The van der Waals surface area contributed by atoms with E-state index in [0.29, 0.717) is 6.54 Å². The van der Waals surface area contributed by atoms with E-state index in [-0.39, 0.29) is 22.7 Å². The van der Waals surface area contributed by atoms with Crippen molar-refractivity contribution in [2.75, 3.05) is 5.32 Å². The molecule has 20 heavy (non-hydrogen) atoms. The molecule has 2 rings (SSSR count). The first kappa shape index (κ1) is 14.2. The van der Waals surface area contributed by atoms with Crippen LogP contribution in [0.1, 0.15) is 26.3 Å². The number of nitrogens with one attached hydrogen (secondary N) is 1. The molecule has 0 aliphatic carbocycles. The Morgan fingerprint density at radius 3 is 2.75 bits per heavy atom. The Bertz CT molecular complexity index is 659. The lowest BCUT2D eigenvalue weighted by Crippen LogP contribution is -2.35. The maximum absolute atomic E-state index is 13.1. The van der Waals surface area contributed by atoms with Crippen LogP contribution in [0.15, 0.2) is 41.5 Å². The molecule has 0 aliphatic heterocycles. The first-order valence-electron chi connectivity index (χ1n) is 6.44. The van der Waals surface area contributed by atoms with Crippen molar-refractivity contribution in [1.82, 2.24) is 9.55 Å². The molecule has 0 bridgehead atoms. The lowest BCUT2D eigenvalue weighted by atomic mass is 10.1. The van der Waals surface area contributed by atoms with Gasteiger partial charge in [-0.1, -0.05) is 12.1 Å². The molecular formula is C15H18FN3O. The van der Waals surface area contributed by atoms with Crippen molar-refractivity contribution in [2.24, 2.45) is 0 Å². The Labute approximate surface area is 117 Å². The molecule has 1 aromatic heterocycles. The summed E-state index contributed by atoms with van der Waals surface area (Å²) in [6, 6.07) is 6.24. The van der Waals surface area contributed by atoms with E-state index in [9.17, 15) is 9.18 Å². The average molecular weight is 275 g/mol. The van der Waals surface area contributed by atoms with Gasteiger partial charge in [0.25, 0.3) is 5.56 Å². The van der Waals surface area contributed by atoms with Gasteiger partial charge in [0, 0.05) is 24.5 Å². The standard InChI is InChI=1S/C15H18FN3O/c1-15(2,3)19-8-7-17-13(14(19)20)18-10-11-5-4-6-12(16)9-11/h4-9H,10H2,1-3H3,(H,17,18). The third kappa shape index (κ3) is 3.23. The molecule has 0 spiro atoms. The molecule has 106 valence electrons. The Balaban J connectivity index is 2.21. The molecule has 0 aliphatic rings. The lowest BCUT2D eigenvalue weighted by Gasteiger charge is -2.22. The number of anilines is 1. The minimum Gasteiger partial charge on any atom is -0.361 e. The van der Waals surface area contributed by atoms with Gasteiger partial charge in [-0.25, -0.2) is 9.37 Å². The summed E-state index contributed by atoms with van der Waals surface area (Å²) >= 11 is 0. The number of aromatic nitrogens is 2. The minimum absolute atomic E-state index is 0.184. The van der Waals surface area contributed by atoms with E-state index in [1.54, 1.807) is 29.1 Å². The third-order valence-electron chi connectivity index (χ3n) is 2.91. The quantitative estimate of drug-likeness (QED) is 0.937. The fraction of sp³-hybridized carbons (Fsp3) is 0.333. The fourth-order valence-corrected chi connectivity index (χ4v) is 1.89. The zero-order valence-corrected chi connectivity index (χ0v) is 11.9. The van der Waals surface area contributed by atoms with Crippen molar-refractivity contribution in [2.45, 2.75) is 32.9 Å². The summed E-state index contributed by atoms with van der Waals surface area (Å²) in [4.78, 5) is 16.3. The van der Waals surface area contributed by atoms with Crippen molar-refractivity contribution in [1.29, 1.82) is 0 Å². The largest absolute Gasteiger partial charge is 0.361 e. The van der Waals surface area contributed by atoms with Crippen LogP contribution in [0.25, 0.3) is 0 Å². The van der Waals surface area contributed by atoms with Gasteiger partial charge in [-0.05, 0) is 38.5 Å². The van der Waals surface area contributed by atoms with Crippen molar-refractivity contribution in [3.63, 3.8) is 0 Å². The minimum atomic E-state index is -0.310. The molecule has 0 unspecified atom stereocenters. The smallest absolute Gasteiger partial charge is 0.293 e. The summed E-state index contributed by atoms with van der Waals surface area (Å²) in [5.74, 6) is -0.0240. The predicted octanol–water partition coefficient (Wildman–Crippen LogP) is 2.75. The second-order valence-corrected chi connectivity index (χ2v) is 5.61. The second-order valence-electron chi connectivity index (χ2n) is 5.61. The highest BCUT2D eigenvalue weighted by Crippen LogP contribution is 2.11. The Morgan fingerprint density at radius 1 is 1.35 bits per heavy atom. The van der Waals surface area contributed by atoms with Crippen LogP contribution in [0.3, 0.4) is 0 Å². The van der Waals surface area contributed by atoms with Crippen LogP contribution >= 0.6 is 0 Å². The lowest BCUT2D eigenvalue weighted by molar-refractivity contribution is 0.383. The second kappa shape index (κ2) is 5.45. The molecule has 2 aromatic rings. The molecule has 0 saturated carbocycles. The maximum Gasteiger partial charge on any atom is 0.293 e. The number of hydrogen-bond donors (Lipinski definition) is 1. The van der Waals surface area contributed by atoms with Gasteiger partial charge >= 0.3 is 0 Å². The molecular weight excluding hydrogens is 257 g/mol. The van der Waals surface area contributed by atoms with Gasteiger partial charge in [0.05, 0.1) is 0 Å². The highest BCUT2D eigenvalue weighted by Gasteiger charge is 2.16. The summed E-state index contributed by atoms with van der Waals surface area (Å²) in [6.07, 6.45) is 3.25. The van der Waals surface area contributed by atoms with Gasteiger partial charge in [-0.2, -0.15) is 0 Å². The normalized spacial score (nSPS) is 11.4. The van der Waals surface area contributed by atoms with Crippen molar-refractivity contribution >= 4 is 5.82 Å². The van der Waals surface area contributed by atoms with Crippen molar-refractivity contribution in [3.05, 3.63) is 58.4 Å². The highest BCUT2D eigenvalue weighted by molar-refractivity contribution is 5.33. The molecule has 1 heterocycles. The zero-order chi connectivity index (χ0) is 14.8. The van der Waals surface area contributed by atoms with Gasteiger partial charge in [-0.15, -0.1) is 0 Å². The summed E-state index contributed by atoms with van der Waals surface area (Å²) < 4.78 is 14.7. The predicted molar refractivity (Wildman–Crippen MR) is 77.2 cm³/mol. The zero-order valence-electron chi connectivity index (χ0n) is 11.9. The van der Waals surface area contributed by atoms with Gasteiger partial charge < -0.3 is 9.88 Å². The summed E-state index contributed by atoms with van der Waals surface area (Å²) in [5.41, 5.74) is 0.267. The molecule has 1 N–H and O–H groups in total. The molecule has 0 atom stereocenters. The first-order chi connectivity index (χ1) is 9.38. The summed E-state index contributed by atoms with van der Waals surface area (Å²) in [7, 11) is 0. The Hall–Kier alpha value is -2.17. The number of benzene rings is 1. The number of hydrogen-bond acceptors (Lipinski definition) is 3. The van der Waals surface area contributed by atoms with E-state index in [2.05, 4.69) is 10.3 Å². The Morgan fingerprint density at radius 2 is 2.10 bits per heavy atom. The van der Waals surface area contributed by atoms with E-state index in [1.807, 2.05) is 20.8 Å². The van der Waals surface area contributed by atoms with Crippen LogP contribution in [0.2, 0.25) is 0 Å². The van der Waals surface area contributed by atoms with E-state index >= 15 is 0 Å². The summed E-state index contributed by atoms with van der Waals surface area (Å²) in [6.45, 7) is 6.20. The number of nitrogens with zero attached hydrogens (tertiary/aromatic N) is 2. The van der Waals surface area contributed by atoms with Crippen LogP contribution in [-0.4, -0.2) is 9.55 Å². The molecule has 0 saturated heterocycles. The van der Waals surface area contributed by atoms with Crippen molar-refractivity contribution in [3.8, 4) is 0 Å². The van der Waals surface area contributed by atoms with E-state index in [4.69, 9.17) is 0 Å². The van der Waals surface area contributed by atoms with Gasteiger partial charge in [0.1, 0.15) is 5.82 Å². The van der Waals surface area contributed by atoms with Crippen LogP contribution < -0.4 is 10.9 Å². The van der Waals surface area contributed by atoms with Crippen molar-refractivity contribution < 1.29 is 4.39 Å².